The molecule has 1 aromatic heterocycles. The number of nitrogens with one attached hydrogen (secondary N) is 1. The van der Waals surface area contributed by atoms with Crippen molar-refractivity contribution in [3.05, 3.63) is 15.6 Å². The average Bonchev–Trinajstić information content (AvgIpc) is 2.67. The molecule has 19 heavy (non-hydrogen) atoms. The number of urea groups is 1. The van der Waals surface area contributed by atoms with E-state index in [4.69, 9.17) is 0 Å². The molecule has 1 aromatic rings. The van der Waals surface area contributed by atoms with Gasteiger partial charge in [-0.2, -0.15) is 0 Å². The van der Waals surface area contributed by atoms with Crippen LogP contribution in [0.4, 0.5) is 4.79 Å². The number of nitrogens with zero attached hydrogens (tertiary/aromatic N) is 3. The molecule has 0 saturated heterocycles. The van der Waals surface area contributed by atoms with Crippen LogP contribution in [0, 0.1) is 0 Å². The number of aromatic nitrogens is 1. The number of hydrogen-bond acceptors (Lipinski definition) is 4. The van der Waals surface area contributed by atoms with Crippen LogP contribution in [0.15, 0.2) is 0 Å². The molecule has 2 rings (SSSR count). The van der Waals surface area contributed by atoms with Crippen LogP contribution in [0.1, 0.15) is 29.4 Å². The fraction of sp³-hybridized carbons (Fsp3) is 0.692. The van der Waals surface area contributed by atoms with Gasteiger partial charge in [0, 0.05) is 30.4 Å². The Morgan fingerprint density at radius 3 is 2.89 bits per heavy atom. The van der Waals surface area contributed by atoms with Crippen molar-refractivity contribution in [2.45, 2.75) is 39.4 Å². The van der Waals surface area contributed by atoms with Crippen LogP contribution in [-0.2, 0) is 19.5 Å². The molecular formula is C13H22N4OS. The van der Waals surface area contributed by atoms with Crippen molar-refractivity contribution < 1.29 is 4.79 Å². The van der Waals surface area contributed by atoms with E-state index in [1.54, 1.807) is 11.3 Å². The number of carbonyl (C=O) groups excluding carboxylic acids is 1. The Hall–Kier alpha value is -1.14. The molecule has 1 aliphatic heterocycles. The summed E-state index contributed by atoms with van der Waals surface area (Å²) in [6, 6.07) is 0.211. The molecule has 2 amide bonds. The molecule has 0 atom stereocenters. The van der Waals surface area contributed by atoms with Crippen LogP contribution < -0.4 is 5.32 Å². The van der Waals surface area contributed by atoms with Crippen molar-refractivity contribution in [3.63, 3.8) is 0 Å². The van der Waals surface area contributed by atoms with Gasteiger partial charge in [-0.05, 0) is 27.9 Å². The Bertz CT molecular complexity index is 455. The van der Waals surface area contributed by atoms with Crippen LogP contribution in [-0.4, -0.2) is 47.5 Å². The Labute approximate surface area is 118 Å². The molecule has 5 nitrogen and oxygen atoms in total. The highest BCUT2D eigenvalue weighted by Crippen LogP contribution is 2.25. The minimum absolute atomic E-state index is 0.0307. The van der Waals surface area contributed by atoms with Gasteiger partial charge in [0.15, 0.2) is 0 Å². The summed E-state index contributed by atoms with van der Waals surface area (Å²) in [5, 5.41) is 4.09. The lowest BCUT2D eigenvalue weighted by Crippen LogP contribution is -2.44. The third-order valence-electron chi connectivity index (χ3n) is 2.93. The van der Waals surface area contributed by atoms with Gasteiger partial charge in [-0.15, -0.1) is 11.3 Å². The van der Waals surface area contributed by atoms with Crippen molar-refractivity contribution in [1.82, 2.24) is 20.1 Å². The molecule has 0 spiro atoms. The summed E-state index contributed by atoms with van der Waals surface area (Å²) < 4.78 is 0. The van der Waals surface area contributed by atoms with Crippen LogP contribution in [0.5, 0.6) is 0 Å². The Morgan fingerprint density at radius 1 is 1.53 bits per heavy atom. The first-order chi connectivity index (χ1) is 8.95. The van der Waals surface area contributed by atoms with Crippen molar-refractivity contribution in [3.8, 4) is 0 Å². The van der Waals surface area contributed by atoms with Gasteiger partial charge < -0.3 is 15.1 Å². The molecule has 0 bridgehead atoms. The topological polar surface area (TPSA) is 48.5 Å². The predicted molar refractivity (Wildman–Crippen MR) is 77.3 cm³/mol. The van der Waals surface area contributed by atoms with Crippen LogP contribution >= 0.6 is 11.3 Å². The second-order valence-electron chi connectivity index (χ2n) is 5.49. The summed E-state index contributed by atoms with van der Waals surface area (Å²) in [4.78, 5) is 21.9. The molecule has 1 aliphatic rings. The Morgan fingerprint density at radius 2 is 2.26 bits per heavy atom. The van der Waals surface area contributed by atoms with Crippen LogP contribution in [0.3, 0.4) is 0 Å². The monoisotopic (exact) mass is 282 g/mol. The minimum Gasteiger partial charge on any atom is -0.336 e. The fourth-order valence-electron chi connectivity index (χ4n) is 2.10. The Balaban J connectivity index is 2.03. The summed E-state index contributed by atoms with van der Waals surface area (Å²) in [5.74, 6) is 0. The van der Waals surface area contributed by atoms with Crippen LogP contribution in [0.25, 0.3) is 0 Å². The van der Waals surface area contributed by atoms with E-state index in [0.717, 1.165) is 24.5 Å². The highest BCUT2D eigenvalue weighted by atomic mass is 32.1. The van der Waals surface area contributed by atoms with E-state index in [9.17, 15) is 4.79 Å². The lowest BCUT2D eigenvalue weighted by molar-refractivity contribution is 0.190. The van der Waals surface area contributed by atoms with Gasteiger partial charge in [0.2, 0.25) is 0 Å². The number of fused-ring (bicyclic) bond motifs is 1. The molecule has 1 N–H and O–H groups in total. The van der Waals surface area contributed by atoms with Crippen molar-refractivity contribution in [1.29, 1.82) is 0 Å². The largest absolute Gasteiger partial charge is 0.336 e. The van der Waals surface area contributed by atoms with Gasteiger partial charge >= 0.3 is 6.03 Å². The molecule has 0 unspecified atom stereocenters. The normalized spacial score (nSPS) is 14.9. The SMILES string of the molecule is CC(C)NC(=O)N1CCc2nc(CN(C)C)sc2C1. The van der Waals surface area contributed by atoms with Gasteiger partial charge in [-0.25, -0.2) is 9.78 Å². The van der Waals surface area contributed by atoms with E-state index < -0.39 is 0 Å². The van der Waals surface area contributed by atoms with E-state index >= 15 is 0 Å². The molecule has 0 saturated carbocycles. The van der Waals surface area contributed by atoms with Crippen molar-refractivity contribution in [2.75, 3.05) is 20.6 Å². The van der Waals surface area contributed by atoms with Gasteiger partial charge in [-0.1, -0.05) is 0 Å². The summed E-state index contributed by atoms with van der Waals surface area (Å²) in [7, 11) is 4.09. The Kier molecular flexibility index (Phi) is 4.42. The van der Waals surface area contributed by atoms with Gasteiger partial charge in [0.25, 0.3) is 0 Å². The lowest BCUT2D eigenvalue weighted by Gasteiger charge is -2.27. The summed E-state index contributed by atoms with van der Waals surface area (Å²) in [5.41, 5.74) is 1.18. The molecule has 2 heterocycles. The standard InChI is InChI=1S/C13H22N4OS/c1-9(2)14-13(18)17-6-5-10-11(7-17)19-12(15-10)8-16(3)4/h9H,5-8H2,1-4H3,(H,14,18). The number of rotatable bonds is 3. The zero-order valence-corrected chi connectivity index (χ0v) is 12.9. The van der Waals surface area contributed by atoms with Crippen molar-refractivity contribution >= 4 is 17.4 Å². The lowest BCUT2D eigenvalue weighted by atomic mass is 10.2. The molecule has 0 fully saturated rings. The first kappa shape index (κ1) is 14.3. The van der Waals surface area contributed by atoms with Gasteiger partial charge in [0.1, 0.15) is 5.01 Å². The third kappa shape index (κ3) is 3.67. The van der Waals surface area contributed by atoms with E-state index in [2.05, 4.69) is 15.2 Å². The smallest absolute Gasteiger partial charge is 0.317 e. The molecule has 0 aliphatic carbocycles. The van der Waals surface area contributed by atoms with E-state index in [-0.39, 0.29) is 12.1 Å². The quantitative estimate of drug-likeness (QED) is 0.917. The van der Waals surface area contributed by atoms with Crippen molar-refractivity contribution in [2.24, 2.45) is 0 Å². The van der Waals surface area contributed by atoms with E-state index in [1.807, 2.05) is 32.8 Å². The second kappa shape index (κ2) is 5.88. The van der Waals surface area contributed by atoms with Crippen LogP contribution in [0.2, 0.25) is 0 Å². The maximum Gasteiger partial charge on any atom is 0.317 e. The first-order valence-electron chi connectivity index (χ1n) is 6.63. The number of amides is 2. The van der Waals surface area contributed by atoms with E-state index in [1.165, 1.54) is 10.6 Å². The third-order valence-corrected chi connectivity index (χ3v) is 3.99. The highest BCUT2D eigenvalue weighted by molar-refractivity contribution is 7.11. The zero-order valence-electron chi connectivity index (χ0n) is 12.1. The number of carbonyl (C=O) groups is 1. The molecule has 6 heteroatoms. The molecule has 0 radical (unpaired) electrons. The highest BCUT2D eigenvalue weighted by Gasteiger charge is 2.24. The minimum atomic E-state index is 0.0307. The second-order valence-corrected chi connectivity index (χ2v) is 6.66. The van der Waals surface area contributed by atoms with Gasteiger partial charge in [-0.3, -0.25) is 0 Å². The summed E-state index contributed by atoms with van der Waals surface area (Å²) >= 11 is 1.73. The maximum atomic E-state index is 12.0. The van der Waals surface area contributed by atoms with Gasteiger partial charge in [0.05, 0.1) is 12.2 Å². The molecular weight excluding hydrogens is 260 g/mol. The van der Waals surface area contributed by atoms with E-state index in [0.29, 0.717) is 6.54 Å². The summed E-state index contributed by atoms with van der Waals surface area (Å²) in [6.07, 6.45) is 0.866. The maximum absolute atomic E-state index is 12.0. The summed E-state index contributed by atoms with van der Waals surface area (Å²) in [6.45, 7) is 6.29. The fourth-order valence-corrected chi connectivity index (χ4v) is 3.35. The molecule has 0 aromatic carbocycles. The predicted octanol–water partition coefficient (Wildman–Crippen LogP) is 1.68. The number of hydrogen-bond donors (Lipinski definition) is 1. The number of thiazole rings is 1. The first-order valence-corrected chi connectivity index (χ1v) is 7.45. The zero-order chi connectivity index (χ0) is 14.0. The molecule has 106 valence electrons. The average molecular weight is 282 g/mol.